The number of fused-ring (bicyclic) bond motifs is 1. The summed E-state index contributed by atoms with van der Waals surface area (Å²) in [6.07, 6.45) is 1.42. The molecule has 0 saturated carbocycles. The first-order valence-corrected chi connectivity index (χ1v) is 5.70. The smallest absolute Gasteiger partial charge is 0.260 e. The fraction of sp³-hybridized carbons (Fsp3) is 0. The van der Waals surface area contributed by atoms with Crippen LogP contribution in [0.1, 0.15) is 0 Å². The van der Waals surface area contributed by atoms with Crippen molar-refractivity contribution in [3.63, 3.8) is 0 Å². The number of aromatic amines is 1. The van der Waals surface area contributed by atoms with Gasteiger partial charge in [-0.3, -0.25) is 4.79 Å². The van der Waals surface area contributed by atoms with Crippen molar-refractivity contribution in [3.05, 3.63) is 24.0 Å². The number of thiophene rings is 1. The minimum atomic E-state index is -0.0775. The maximum Gasteiger partial charge on any atom is 0.260 e. The summed E-state index contributed by atoms with van der Waals surface area (Å²) in [4.78, 5) is 18.7. The van der Waals surface area contributed by atoms with Gasteiger partial charge < -0.3 is 4.98 Å². The Labute approximate surface area is 93.5 Å². The van der Waals surface area contributed by atoms with Gasteiger partial charge in [0.25, 0.3) is 5.56 Å². The highest BCUT2D eigenvalue weighted by molar-refractivity contribution is 14.1. The van der Waals surface area contributed by atoms with Crippen molar-refractivity contribution in [1.82, 2.24) is 9.97 Å². The third-order valence-electron chi connectivity index (χ3n) is 1.40. The summed E-state index contributed by atoms with van der Waals surface area (Å²) in [5.74, 6) is 0. The van der Waals surface area contributed by atoms with E-state index in [2.05, 4.69) is 48.5 Å². The molecule has 2 aromatic rings. The van der Waals surface area contributed by atoms with Crippen molar-refractivity contribution in [2.24, 2.45) is 0 Å². The van der Waals surface area contributed by atoms with E-state index in [1.165, 1.54) is 17.7 Å². The quantitative estimate of drug-likeness (QED) is 0.736. The van der Waals surface area contributed by atoms with E-state index in [1.54, 1.807) is 0 Å². The highest BCUT2D eigenvalue weighted by Gasteiger charge is 2.10. The van der Waals surface area contributed by atoms with Gasteiger partial charge in [-0.05, 0) is 38.5 Å². The Kier molecular flexibility index (Phi) is 2.21. The molecule has 0 radical (unpaired) electrons. The standard InChI is InChI=1S/C6H2BrIN2OS/c7-4-3(8)2-5(11)9-1-10-6(2)12-4/h1H,(H,9,10,11). The van der Waals surface area contributed by atoms with Gasteiger partial charge >= 0.3 is 0 Å². The number of hydrogen-bond donors (Lipinski definition) is 1. The van der Waals surface area contributed by atoms with Crippen molar-refractivity contribution in [2.45, 2.75) is 0 Å². The normalized spacial score (nSPS) is 10.8. The van der Waals surface area contributed by atoms with Crippen LogP contribution in [0.5, 0.6) is 0 Å². The van der Waals surface area contributed by atoms with Crippen LogP contribution in [0.4, 0.5) is 0 Å². The van der Waals surface area contributed by atoms with Gasteiger partial charge in [0, 0.05) is 0 Å². The Hall–Kier alpha value is 0.0500. The first-order chi connectivity index (χ1) is 5.70. The van der Waals surface area contributed by atoms with E-state index >= 15 is 0 Å². The number of halogens is 2. The Morgan fingerprint density at radius 2 is 2.42 bits per heavy atom. The molecule has 0 saturated heterocycles. The summed E-state index contributed by atoms with van der Waals surface area (Å²) in [7, 11) is 0. The minimum absolute atomic E-state index is 0.0775. The maximum absolute atomic E-state index is 11.3. The molecule has 3 nitrogen and oxygen atoms in total. The molecule has 0 aromatic carbocycles. The zero-order valence-electron chi connectivity index (χ0n) is 5.60. The number of hydrogen-bond acceptors (Lipinski definition) is 3. The lowest BCUT2D eigenvalue weighted by Crippen LogP contribution is -2.05. The SMILES string of the molecule is O=c1[nH]cnc2sc(Br)c(I)c12. The summed E-state index contributed by atoms with van der Waals surface area (Å²) in [6.45, 7) is 0. The van der Waals surface area contributed by atoms with Gasteiger partial charge in [0.05, 0.1) is 19.1 Å². The van der Waals surface area contributed by atoms with E-state index in [0.717, 1.165) is 12.2 Å². The van der Waals surface area contributed by atoms with E-state index in [9.17, 15) is 4.79 Å². The summed E-state index contributed by atoms with van der Waals surface area (Å²) in [5, 5.41) is 0.676. The second-order valence-electron chi connectivity index (χ2n) is 2.10. The van der Waals surface area contributed by atoms with Gasteiger partial charge in [0.15, 0.2) is 0 Å². The molecule has 0 bridgehead atoms. The number of aromatic nitrogens is 2. The Morgan fingerprint density at radius 1 is 1.67 bits per heavy atom. The van der Waals surface area contributed by atoms with E-state index in [0.29, 0.717) is 5.39 Å². The van der Waals surface area contributed by atoms with Gasteiger partial charge in [-0.25, -0.2) is 4.98 Å². The molecule has 1 N–H and O–H groups in total. The molecular weight excluding hydrogens is 355 g/mol. The van der Waals surface area contributed by atoms with Gasteiger partial charge in [0.1, 0.15) is 4.83 Å². The Bertz CT molecular complexity index is 492. The average molecular weight is 357 g/mol. The molecule has 62 valence electrons. The van der Waals surface area contributed by atoms with Crippen molar-refractivity contribution in [3.8, 4) is 0 Å². The first kappa shape index (κ1) is 8.64. The van der Waals surface area contributed by atoms with Crippen molar-refractivity contribution >= 4 is 60.1 Å². The average Bonchev–Trinajstić information content (AvgIpc) is 2.29. The van der Waals surface area contributed by atoms with Crippen LogP contribution in [0, 0.1) is 3.57 Å². The fourth-order valence-corrected chi connectivity index (χ4v) is 3.32. The second-order valence-corrected chi connectivity index (χ2v) is 5.50. The highest BCUT2D eigenvalue weighted by atomic mass is 127. The van der Waals surface area contributed by atoms with Gasteiger partial charge in [-0.1, -0.05) is 0 Å². The lowest BCUT2D eigenvalue weighted by Gasteiger charge is -1.85. The number of H-pyrrole nitrogens is 1. The molecule has 0 aliphatic carbocycles. The van der Waals surface area contributed by atoms with E-state index in [4.69, 9.17) is 0 Å². The van der Waals surface area contributed by atoms with Crippen LogP contribution < -0.4 is 5.56 Å². The van der Waals surface area contributed by atoms with Crippen LogP contribution >= 0.6 is 49.9 Å². The van der Waals surface area contributed by atoms with Gasteiger partial charge in [0.2, 0.25) is 0 Å². The Balaban J connectivity index is 3.07. The number of nitrogens with one attached hydrogen (secondary N) is 1. The minimum Gasteiger partial charge on any atom is -0.313 e. The largest absolute Gasteiger partial charge is 0.313 e. The lowest BCUT2D eigenvalue weighted by atomic mass is 10.4. The molecule has 0 fully saturated rings. The Morgan fingerprint density at radius 3 is 3.08 bits per heavy atom. The molecule has 0 aliphatic rings. The van der Waals surface area contributed by atoms with Crippen LogP contribution in [0.15, 0.2) is 14.9 Å². The van der Waals surface area contributed by atoms with Crippen molar-refractivity contribution in [2.75, 3.05) is 0 Å². The van der Waals surface area contributed by atoms with Gasteiger partial charge in [-0.15, -0.1) is 11.3 Å². The molecular formula is C6H2BrIN2OS. The molecule has 0 atom stereocenters. The number of rotatable bonds is 0. The zero-order chi connectivity index (χ0) is 8.72. The lowest BCUT2D eigenvalue weighted by molar-refractivity contribution is 1.18. The fourth-order valence-electron chi connectivity index (χ4n) is 0.882. The molecule has 6 heteroatoms. The number of nitrogens with zero attached hydrogens (tertiary/aromatic N) is 1. The van der Waals surface area contributed by atoms with Crippen LogP contribution in [0.3, 0.4) is 0 Å². The van der Waals surface area contributed by atoms with Crippen molar-refractivity contribution in [1.29, 1.82) is 0 Å². The highest BCUT2D eigenvalue weighted by Crippen LogP contribution is 2.32. The van der Waals surface area contributed by atoms with E-state index in [-0.39, 0.29) is 5.56 Å². The van der Waals surface area contributed by atoms with Crippen LogP contribution in [0.2, 0.25) is 0 Å². The van der Waals surface area contributed by atoms with Crippen LogP contribution in [-0.4, -0.2) is 9.97 Å². The summed E-state index contributed by atoms with van der Waals surface area (Å²) in [6, 6.07) is 0. The predicted molar refractivity (Wildman–Crippen MR) is 60.7 cm³/mol. The summed E-state index contributed by atoms with van der Waals surface area (Å²) in [5.41, 5.74) is -0.0775. The monoisotopic (exact) mass is 356 g/mol. The third kappa shape index (κ3) is 1.21. The molecule has 0 aliphatic heterocycles. The molecule has 0 spiro atoms. The van der Waals surface area contributed by atoms with Crippen molar-refractivity contribution < 1.29 is 0 Å². The maximum atomic E-state index is 11.3. The van der Waals surface area contributed by atoms with Gasteiger partial charge in [-0.2, -0.15) is 0 Å². The van der Waals surface area contributed by atoms with Crippen LogP contribution in [-0.2, 0) is 0 Å². The first-order valence-electron chi connectivity index (χ1n) is 3.01. The molecule has 2 rings (SSSR count). The third-order valence-corrected chi connectivity index (χ3v) is 5.35. The topological polar surface area (TPSA) is 45.8 Å². The molecule has 2 heterocycles. The predicted octanol–water partition coefficient (Wildman–Crippen LogP) is 2.35. The van der Waals surface area contributed by atoms with Crippen LogP contribution in [0.25, 0.3) is 10.2 Å². The summed E-state index contributed by atoms with van der Waals surface area (Å²) < 4.78 is 1.89. The molecule has 0 unspecified atom stereocenters. The second kappa shape index (κ2) is 3.08. The molecule has 2 aromatic heterocycles. The van der Waals surface area contributed by atoms with E-state index in [1.807, 2.05) is 0 Å². The molecule has 0 amide bonds. The zero-order valence-corrected chi connectivity index (χ0v) is 10.2. The van der Waals surface area contributed by atoms with E-state index < -0.39 is 0 Å². The molecule has 12 heavy (non-hydrogen) atoms. The summed E-state index contributed by atoms with van der Waals surface area (Å²) >= 11 is 6.96.